The summed E-state index contributed by atoms with van der Waals surface area (Å²) >= 11 is 1.65. The highest BCUT2D eigenvalue weighted by Gasteiger charge is 2.18. The molecule has 0 radical (unpaired) electrons. The summed E-state index contributed by atoms with van der Waals surface area (Å²) in [5, 5.41) is 0.842. The van der Waals surface area contributed by atoms with Crippen LogP contribution in [0, 0.1) is 0 Å². The van der Waals surface area contributed by atoms with Crippen LogP contribution in [-0.2, 0) is 0 Å². The molecule has 0 bridgehead atoms. The highest BCUT2D eigenvalue weighted by atomic mass is 32.2. The number of ketones is 1. The van der Waals surface area contributed by atoms with Gasteiger partial charge in [-0.15, -0.1) is 0 Å². The highest BCUT2D eigenvalue weighted by Crippen LogP contribution is 2.25. The van der Waals surface area contributed by atoms with Gasteiger partial charge in [0.1, 0.15) is 0 Å². The Bertz CT molecular complexity index is 930. The highest BCUT2D eigenvalue weighted by molar-refractivity contribution is 8.14. The molecule has 3 aromatic rings. The predicted octanol–water partition coefficient (Wildman–Crippen LogP) is 2.80. The van der Waals surface area contributed by atoms with E-state index in [2.05, 4.69) is 9.98 Å². The van der Waals surface area contributed by atoms with E-state index < -0.39 is 0 Å². The first-order valence-corrected chi connectivity index (χ1v) is 8.28. The van der Waals surface area contributed by atoms with Crippen LogP contribution in [-0.4, -0.2) is 32.8 Å². The Labute approximate surface area is 137 Å². The number of nitrogens with two attached hydrogens (primary N) is 1. The van der Waals surface area contributed by atoms with Crippen LogP contribution >= 0.6 is 11.8 Å². The molecule has 0 atom stereocenters. The first-order valence-electron chi connectivity index (χ1n) is 7.29. The number of imidazole rings is 1. The smallest absolute Gasteiger partial charge is 0.207 e. The number of hydrogen-bond donors (Lipinski definition) is 1. The van der Waals surface area contributed by atoms with E-state index in [0.29, 0.717) is 17.1 Å². The number of carbonyl (C=O) groups is 1. The molecule has 5 nitrogen and oxygen atoms in total. The van der Waals surface area contributed by atoms with Gasteiger partial charge in [-0.3, -0.25) is 14.4 Å². The van der Waals surface area contributed by atoms with Gasteiger partial charge < -0.3 is 5.73 Å². The van der Waals surface area contributed by atoms with E-state index in [9.17, 15) is 4.79 Å². The Morgan fingerprint density at radius 1 is 1.13 bits per heavy atom. The van der Waals surface area contributed by atoms with E-state index >= 15 is 0 Å². The SMILES string of the molecule is Nc1nc2ccc(C(=O)c3ccccc3)cc2n1C1=NCCS1. The maximum atomic E-state index is 12.6. The van der Waals surface area contributed by atoms with Crippen molar-refractivity contribution in [1.29, 1.82) is 0 Å². The minimum absolute atomic E-state index is 0.0140. The first kappa shape index (κ1) is 14.0. The van der Waals surface area contributed by atoms with Gasteiger partial charge in [-0.25, -0.2) is 4.98 Å². The van der Waals surface area contributed by atoms with Gasteiger partial charge in [0, 0.05) is 16.9 Å². The van der Waals surface area contributed by atoms with Gasteiger partial charge in [0.15, 0.2) is 11.0 Å². The van der Waals surface area contributed by atoms with Crippen molar-refractivity contribution in [2.45, 2.75) is 0 Å². The lowest BCUT2D eigenvalue weighted by Gasteiger charge is -2.06. The van der Waals surface area contributed by atoms with Crippen molar-refractivity contribution in [3.63, 3.8) is 0 Å². The average molecular weight is 322 g/mol. The molecule has 0 aliphatic carbocycles. The zero-order valence-electron chi connectivity index (χ0n) is 12.3. The Morgan fingerprint density at radius 2 is 1.96 bits per heavy atom. The number of nitrogen functional groups attached to an aromatic ring is 1. The minimum atomic E-state index is -0.0140. The van der Waals surface area contributed by atoms with E-state index in [1.54, 1.807) is 17.8 Å². The molecule has 2 heterocycles. The topological polar surface area (TPSA) is 73.3 Å². The molecule has 0 unspecified atom stereocenters. The minimum Gasteiger partial charge on any atom is -0.369 e. The summed E-state index contributed by atoms with van der Waals surface area (Å²) in [4.78, 5) is 21.5. The molecule has 1 aliphatic rings. The van der Waals surface area contributed by atoms with E-state index in [-0.39, 0.29) is 5.78 Å². The second kappa shape index (κ2) is 5.55. The zero-order valence-corrected chi connectivity index (χ0v) is 13.1. The fourth-order valence-electron chi connectivity index (χ4n) is 2.65. The molecule has 1 aliphatic heterocycles. The Balaban J connectivity index is 1.84. The van der Waals surface area contributed by atoms with Crippen molar-refractivity contribution < 1.29 is 4.79 Å². The van der Waals surface area contributed by atoms with E-state index in [1.807, 2.05) is 47.0 Å². The quantitative estimate of drug-likeness (QED) is 0.736. The van der Waals surface area contributed by atoms with Crippen LogP contribution in [0.5, 0.6) is 0 Å². The van der Waals surface area contributed by atoms with E-state index in [1.165, 1.54) is 0 Å². The lowest BCUT2D eigenvalue weighted by molar-refractivity contribution is 0.103. The number of carbonyl (C=O) groups excluding carboxylic acids is 1. The number of aromatic nitrogens is 2. The first-order chi connectivity index (χ1) is 11.2. The van der Waals surface area contributed by atoms with Crippen molar-refractivity contribution in [2.24, 2.45) is 4.99 Å². The molecule has 0 fully saturated rings. The standard InChI is InChI=1S/C17H14N4OS/c18-16-20-13-7-6-12(15(22)11-4-2-1-3-5-11)10-14(13)21(16)17-19-8-9-23-17/h1-7,10H,8-9H2,(H2,18,20). The number of thioether (sulfide) groups is 1. The predicted molar refractivity (Wildman–Crippen MR) is 94.2 cm³/mol. The summed E-state index contributed by atoms with van der Waals surface area (Å²) in [5.74, 6) is 1.33. The van der Waals surface area contributed by atoms with Gasteiger partial charge in [0.05, 0.1) is 17.6 Å². The third-order valence-electron chi connectivity index (χ3n) is 3.74. The van der Waals surface area contributed by atoms with Crippen molar-refractivity contribution in [3.05, 3.63) is 59.7 Å². The summed E-state index contributed by atoms with van der Waals surface area (Å²) < 4.78 is 1.83. The summed E-state index contributed by atoms with van der Waals surface area (Å²) in [6.45, 7) is 0.780. The fraction of sp³-hybridized carbons (Fsp3) is 0.118. The van der Waals surface area contributed by atoms with Crippen molar-refractivity contribution in [1.82, 2.24) is 9.55 Å². The van der Waals surface area contributed by atoms with Crippen LogP contribution in [0.25, 0.3) is 11.0 Å². The molecule has 6 heteroatoms. The molecular weight excluding hydrogens is 308 g/mol. The molecule has 2 N–H and O–H groups in total. The molecule has 4 rings (SSSR count). The van der Waals surface area contributed by atoms with Crippen molar-refractivity contribution in [2.75, 3.05) is 18.0 Å². The molecule has 0 amide bonds. The number of benzene rings is 2. The molecule has 0 saturated carbocycles. The van der Waals surface area contributed by atoms with E-state index in [0.717, 1.165) is 28.5 Å². The molecule has 2 aromatic carbocycles. The fourth-order valence-corrected chi connectivity index (χ4v) is 3.52. The normalized spacial score (nSPS) is 14.2. The van der Waals surface area contributed by atoms with Crippen LogP contribution in [0.3, 0.4) is 0 Å². The Hall–Kier alpha value is -2.60. The zero-order chi connectivity index (χ0) is 15.8. The van der Waals surface area contributed by atoms with Gasteiger partial charge >= 0.3 is 0 Å². The van der Waals surface area contributed by atoms with E-state index in [4.69, 9.17) is 5.73 Å². The van der Waals surface area contributed by atoms with Gasteiger partial charge in [0.2, 0.25) is 5.95 Å². The number of nitrogens with zero attached hydrogens (tertiary/aromatic N) is 3. The molecule has 0 saturated heterocycles. The largest absolute Gasteiger partial charge is 0.369 e. The van der Waals surface area contributed by atoms with Crippen LogP contribution in [0.1, 0.15) is 15.9 Å². The maximum absolute atomic E-state index is 12.6. The molecular formula is C17H14N4OS. The third-order valence-corrected chi connectivity index (χ3v) is 4.70. The summed E-state index contributed by atoms with van der Waals surface area (Å²) in [6.07, 6.45) is 0. The monoisotopic (exact) mass is 322 g/mol. The van der Waals surface area contributed by atoms with Crippen LogP contribution in [0.2, 0.25) is 0 Å². The average Bonchev–Trinajstić information content (AvgIpc) is 3.20. The molecule has 1 aromatic heterocycles. The number of aliphatic imine (C=N–C) groups is 1. The number of fused-ring (bicyclic) bond motifs is 1. The molecule has 114 valence electrons. The lowest BCUT2D eigenvalue weighted by atomic mass is 10.0. The number of anilines is 1. The maximum Gasteiger partial charge on any atom is 0.207 e. The third kappa shape index (κ3) is 2.41. The van der Waals surface area contributed by atoms with Gasteiger partial charge in [0.25, 0.3) is 0 Å². The Morgan fingerprint density at radius 3 is 2.70 bits per heavy atom. The van der Waals surface area contributed by atoms with Gasteiger partial charge in [-0.2, -0.15) is 0 Å². The Kier molecular flexibility index (Phi) is 3.38. The summed E-state index contributed by atoms with van der Waals surface area (Å²) in [5.41, 5.74) is 8.91. The second-order valence-electron chi connectivity index (χ2n) is 5.22. The summed E-state index contributed by atoms with van der Waals surface area (Å²) in [6, 6.07) is 14.7. The second-order valence-corrected chi connectivity index (χ2v) is 6.28. The van der Waals surface area contributed by atoms with Crippen molar-refractivity contribution in [3.8, 4) is 0 Å². The number of rotatable bonds is 2. The van der Waals surface area contributed by atoms with Crippen LogP contribution in [0.15, 0.2) is 53.5 Å². The molecule has 23 heavy (non-hydrogen) atoms. The summed E-state index contributed by atoms with van der Waals surface area (Å²) in [7, 11) is 0. The molecule has 0 spiro atoms. The lowest BCUT2D eigenvalue weighted by Crippen LogP contribution is -2.09. The van der Waals surface area contributed by atoms with Gasteiger partial charge in [-0.05, 0) is 18.2 Å². The van der Waals surface area contributed by atoms with Gasteiger partial charge in [-0.1, -0.05) is 42.1 Å². The van der Waals surface area contributed by atoms with Crippen LogP contribution < -0.4 is 5.73 Å². The van der Waals surface area contributed by atoms with Crippen LogP contribution in [0.4, 0.5) is 5.95 Å². The number of hydrogen-bond acceptors (Lipinski definition) is 5. The van der Waals surface area contributed by atoms with Crippen molar-refractivity contribution >= 4 is 39.7 Å².